The van der Waals surface area contributed by atoms with Gasteiger partial charge in [0.2, 0.25) is 0 Å². The minimum Gasteiger partial charge on any atom is -0.490 e. The van der Waals surface area contributed by atoms with Crippen LogP contribution in [-0.2, 0) is 0 Å². The van der Waals surface area contributed by atoms with E-state index in [9.17, 15) is 9.59 Å². The molecule has 0 radical (unpaired) electrons. The summed E-state index contributed by atoms with van der Waals surface area (Å²) in [6.45, 7) is 4.96. The molecule has 0 saturated carbocycles. The van der Waals surface area contributed by atoms with E-state index >= 15 is 0 Å². The predicted octanol–water partition coefficient (Wildman–Crippen LogP) is 2.99. The Hall–Kier alpha value is -3.09. The maximum absolute atomic E-state index is 12.8. The Kier molecular flexibility index (Phi) is 4.90. The second-order valence-corrected chi connectivity index (χ2v) is 7.40. The van der Waals surface area contributed by atoms with Crippen molar-refractivity contribution in [3.8, 4) is 5.75 Å². The van der Waals surface area contributed by atoms with Gasteiger partial charge in [0.25, 0.3) is 11.5 Å². The fourth-order valence-electron chi connectivity index (χ4n) is 3.59. The molecule has 0 atom stereocenters. The quantitative estimate of drug-likeness (QED) is 0.755. The summed E-state index contributed by atoms with van der Waals surface area (Å²) in [6.07, 6.45) is 3.50. The summed E-state index contributed by atoms with van der Waals surface area (Å²) in [5, 5.41) is 5.31. The third-order valence-electron chi connectivity index (χ3n) is 5.11. The summed E-state index contributed by atoms with van der Waals surface area (Å²) < 4.78 is 7.56. The van der Waals surface area contributed by atoms with Gasteiger partial charge in [-0.15, -0.1) is 0 Å². The monoisotopic (exact) mass is 380 g/mol. The molecular weight excluding hydrogens is 356 g/mol. The van der Waals surface area contributed by atoms with E-state index in [0.717, 1.165) is 29.5 Å². The van der Waals surface area contributed by atoms with E-state index in [0.29, 0.717) is 18.8 Å². The lowest BCUT2D eigenvalue weighted by atomic mass is 10.1. The summed E-state index contributed by atoms with van der Waals surface area (Å²) in [5.74, 6) is 0.731. The number of rotatable bonds is 4. The first-order chi connectivity index (χ1) is 13.5. The standard InChI is InChI=1S/C21H24N4O3/c1-14(2)25-20(26)7-6-18(23-25)21(27)24-12-9-15(10-13-24)28-19-5-3-4-17-16(19)8-11-22-17/h3-8,11,14-15,22H,9-10,12-13H2,1-2H3. The molecule has 1 aromatic carbocycles. The van der Waals surface area contributed by atoms with Crippen LogP contribution in [-0.4, -0.2) is 44.8 Å². The molecule has 1 amide bonds. The fraction of sp³-hybridized carbons (Fsp3) is 0.381. The molecule has 0 spiro atoms. The SMILES string of the molecule is CC(C)n1nc(C(=O)N2CCC(Oc3cccc4[nH]ccc34)CC2)ccc1=O. The largest absolute Gasteiger partial charge is 0.490 e. The maximum atomic E-state index is 12.8. The number of H-pyrrole nitrogens is 1. The van der Waals surface area contributed by atoms with Gasteiger partial charge < -0.3 is 14.6 Å². The molecule has 1 aliphatic heterocycles. The number of hydrogen-bond donors (Lipinski definition) is 1. The van der Waals surface area contributed by atoms with Crippen molar-refractivity contribution in [2.45, 2.75) is 38.8 Å². The fourth-order valence-corrected chi connectivity index (χ4v) is 3.59. The van der Waals surface area contributed by atoms with E-state index in [1.807, 2.05) is 44.3 Å². The number of aromatic amines is 1. The van der Waals surface area contributed by atoms with Crippen LogP contribution in [0.2, 0.25) is 0 Å². The van der Waals surface area contributed by atoms with Gasteiger partial charge in [-0.25, -0.2) is 4.68 Å². The number of aromatic nitrogens is 3. The number of hydrogen-bond acceptors (Lipinski definition) is 4. The number of benzene rings is 1. The molecule has 1 fully saturated rings. The zero-order valence-electron chi connectivity index (χ0n) is 16.1. The summed E-state index contributed by atoms with van der Waals surface area (Å²) in [6, 6.07) is 10.8. The average Bonchev–Trinajstić information content (AvgIpc) is 3.18. The smallest absolute Gasteiger partial charge is 0.274 e. The molecule has 3 heterocycles. The van der Waals surface area contributed by atoms with E-state index < -0.39 is 0 Å². The van der Waals surface area contributed by atoms with Gasteiger partial charge in [-0.3, -0.25) is 9.59 Å². The molecule has 4 rings (SSSR count). The van der Waals surface area contributed by atoms with Crippen LogP contribution in [0.25, 0.3) is 10.9 Å². The van der Waals surface area contributed by atoms with Gasteiger partial charge in [0.05, 0.1) is 6.04 Å². The maximum Gasteiger partial charge on any atom is 0.274 e. The van der Waals surface area contributed by atoms with Crippen molar-refractivity contribution in [3.05, 3.63) is 58.6 Å². The lowest BCUT2D eigenvalue weighted by Gasteiger charge is -2.32. The van der Waals surface area contributed by atoms with Crippen molar-refractivity contribution in [3.63, 3.8) is 0 Å². The van der Waals surface area contributed by atoms with Gasteiger partial charge in [-0.2, -0.15) is 5.10 Å². The first-order valence-electron chi connectivity index (χ1n) is 9.65. The Morgan fingerprint density at radius 2 is 1.96 bits per heavy atom. The average molecular weight is 380 g/mol. The van der Waals surface area contributed by atoms with Crippen molar-refractivity contribution in [1.82, 2.24) is 19.7 Å². The number of likely N-dealkylation sites (tertiary alicyclic amines) is 1. The van der Waals surface area contributed by atoms with Crippen LogP contribution in [0.1, 0.15) is 43.2 Å². The molecule has 1 saturated heterocycles. The van der Waals surface area contributed by atoms with Crippen LogP contribution in [0.5, 0.6) is 5.75 Å². The normalized spacial score (nSPS) is 15.3. The van der Waals surface area contributed by atoms with E-state index in [2.05, 4.69) is 10.1 Å². The Morgan fingerprint density at radius 3 is 2.71 bits per heavy atom. The highest BCUT2D eigenvalue weighted by Gasteiger charge is 2.26. The van der Waals surface area contributed by atoms with Gasteiger partial charge in [-0.1, -0.05) is 6.07 Å². The minimum atomic E-state index is -0.197. The second kappa shape index (κ2) is 7.50. The molecule has 28 heavy (non-hydrogen) atoms. The van der Waals surface area contributed by atoms with E-state index in [1.54, 1.807) is 4.90 Å². The van der Waals surface area contributed by atoms with Crippen molar-refractivity contribution in [1.29, 1.82) is 0 Å². The van der Waals surface area contributed by atoms with Crippen LogP contribution in [0.15, 0.2) is 47.4 Å². The summed E-state index contributed by atoms with van der Waals surface area (Å²) >= 11 is 0. The molecule has 3 aromatic rings. The number of carbonyl (C=O) groups is 1. The van der Waals surface area contributed by atoms with E-state index in [1.165, 1.54) is 16.8 Å². The molecule has 0 bridgehead atoms. The van der Waals surface area contributed by atoms with E-state index in [4.69, 9.17) is 4.74 Å². The third-order valence-corrected chi connectivity index (χ3v) is 5.11. The zero-order chi connectivity index (χ0) is 19.7. The van der Waals surface area contributed by atoms with Crippen molar-refractivity contribution < 1.29 is 9.53 Å². The topological polar surface area (TPSA) is 80.2 Å². The van der Waals surface area contributed by atoms with Crippen LogP contribution < -0.4 is 10.3 Å². The van der Waals surface area contributed by atoms with Crippen molar-refractivity contribution in [2.75, 3.05) is 13.1 Å². The Bertz CT molecular complexity index is 1040. The minimum absolute atomic E-state index is 0.0714. The zero-order valence-corrected chi connectivity index (χ0v) is 16.1. The first kappa shape index (κ1) is 18.3. The van der Waals surface area contributed by atoms with Crippen LogP contribution >= 0.6 is 0 Å². The summed E-state index contributed by atoms with van der Waals surface area (Å²) in [7, 11) is 0. The predicted molar refractivity (Wildman–Crippen MR) is 107 cm³/mol. The van der Waals surface area contributed by atoms with Crippen molar-refractivity contribution >= 4 is 16.8 Å². The van der Waals surface area contributed by atoms with Gasteiger partial charge in [-0.05, 0) is 38.1 Å². The lowest BCUT2D eigenvalue weighted by molar-refractivity contribution is 0.0589. The summed E-state index contributed by atoms with van der Waals surface area (Å²) in [5.41, 5.74) is 1.17. The van der Waals surface area contributed by atoms with E-state index in [-0.39, 0.29) is 23.6 Å². The highest BCUT2D eigenvalue weighted by molar-refractivity contribution is 5.92. The molecule has 0 unspecified atom stereocenters. The first-order valence-corrected chi connectivity index (χ1v) is 9.65. The Morgan fingerprint density at radius 1 is 1.18 bits per heavy atom. The highest BCUT2D eigenvalue weighted by atomic mass is 16.5. The number of piperidine rings is 1. The molecule has 2 aromatic heterocycles. The Balaban J connectivity index is 1.41. The van der Waals surface area contributed by atoms with Gasteiger partial charge in [0.15, 0.2) is 0 Å². The second-order valence-electron chi connectivity index (χ2n) is 7.40. The van der Waals surface area contributed by atoms with Crippen LogP contribution in [0, 0.1) is 0 Å². The van der Waals surface area contributed by atoms with Crippen LogP contribution in [0.3, 0.4) is 0 Å². The van der Waals surface area contributed by atoms with Gasteiger partial charge in [0, 0.05) is 49.1 Å². The number of ether oxygens (including phenoxy) is 1. The van der Waals surface area contributed by atoms with Crippen molar-refractivity contribution in [2.24, 2.45) is 0 Å². The molecule has 7 heteroatoms. The molecule has 1 N–H and O–H groups in total. The Labute approximate surface area is 162 Å². The molecule has 146 valence electrons. The van der Waals surface area contributed by atoms with Gasteiger partial charge in [0.1, 0.15) is 17.5 Å². The molecular formula is C21H24N4O3. The number of carbonyl (C=O) groups excluding carboxylic acids is 1. The van der Waals surface area contributed by atoms with Crippen LogP contribution in [0.4, 0.5) is 0 Å². The number of nitrogens with zero attached hydrogens (tertiary/aromatic N) is 3. The molecule has 0 aliphatic carbocycles. The van der Waals surface area contributed by atoms with Gasteiger partial charge >= 0.3 is 0 Å². The molecule has 1 aliphatic rings. The summed E-state index contributed by atoms with van der Waals surface area (Å²) in [4.78, 5) is 29.6. The number of fused-ring (bicyclic) bond motifs is 1. The lowest BCUT2D eigenvalue weighted by Crippen LogP contribution is -2.42. The number of amides is 1. The third kappa shape index (κ3) is 3.52. The molecule has 7 nitrogen and oxygen atoms in total. The highest BCUT2D eigenvalue weighted by Crippen LogP contribution is 2.27. The number of nitrogens with one attached hydrogen (secondary N) is 1.